The first-order valence-corrected chi connectivity index (χ1v) is 4.81. The predicted molar refractivity (Wildman–Crippen MR) is 51.9 cm³/mol. The molecule has 0 saturated heterocycles. The van der Waals surface area contributed by atoms with E-state index >= 15 is 0 Å². The van der Waals surface area contributed by atoms with Crippen molar-refractivity contribution in [3.63, 3.8) is 0 Å². The number of aryl methyl sites for hydroxylation is 3. The van der Waals surface area contributed by atoms with Gasteiger partial charge >= 0.3 is 0 Å². The van der Waals surface area contributed by atoms with Crippen LogP contribution in [0, 0.1) is 0 Å². The summed E-state index contributed by atoms with van der Waals surface area (Å²) in [5.74, 6) is 2.79. The fraction of sp³-hybridized carbons (Fsp3) is 0.400. The first-order chi connectivity index (χ1) is 6.88. The van der Waals surface area contributed by atoms with E-state index < -0.39 is 0 Å². The van der Waals surface area contributed by atoms with Gasteiger partial charge < -0.3 is 4.42 Å². The normalized spacial score (nSPS) is 10.6. The van der Waals surface area contributed by atoms with Crippen LogP contribution >= 0.6 is 0 Å². The molecule has 0 saturated carbocycles. The maximum Gasteiger partial charge on any atom is 0.150 e. The third-order valence-electron chi connectivity index (χ3n) is 2.08. The topological polar surface area (TPSA) is 54.7 Å². The van der Waals surface area contributed by atoms with Crippen molar-refractivity contribution < 1.29 is 4.42 Å². The van der Waals surface area contributed by atoms with E-state index in [0.29, 0.717) is 0 Å². The first-order valence-electron chi connectivity index (χ1n) is 4.81. The second-order valence-corrected chi connectivity index (χ2v) is 3.13. The zero-order valence-electron chi connectivity index (χ0n) is 8.16. The van der Waals surface area contributed by atoms with E-state index in [9.17, 15) is 0 Å². The van der Waals surface area contributed by atoms with Crippen molar-refractivity contribution >= 4 is 0 Å². The summed E-state index contributed by atoms with van der Waals surface area (Å²) in [6, 6.07) is 3.87. The van der Waals surface area contributed by atoms with Crippen LogP contribution in [0.3, 0.4) is 0 Å². The Morgan fingerprint density at radius 2 is 2.36 bits per heavy atom. The molecule has 74 valence electrons. The van der Waals surface area contributed by atoms with Gasteiger partial charge in [-0.2, -0.15) is 5.10 Å². The molecular weight excluding hydrogens is 178 g/mol. The van der Waals surface area contributed by atoms with Crippen LogP contribution < -0.4 is 0 Å². The SMILES string of the molecule is CCc1n[nH]c(CCc2ccco2)n1. The van der Waals surface area contributed by atoms with E-state index in [4.69, 9.17) is 4.42 Å². The molecule has 2 aromatic rings. The lowest BCUT2D eigenvalue weighted by atomic mass is 10.2. The summed E-state index contributed by atoms with van der Waals surface area (Å²) in [5.41, 5.74) is 0. The van der Waals surface area contributed by atoms with Crippen LogP contribution in [0.2, 0.25) is 0 Å². The van der Waals surface area contributed by atoms with Gasteiger partial charge in [-0.3, -0.25) is 5.10 Å². The lowest BCUT2D eigenvalue weighted by molar-refractivity contribution is 0.506. The van der Waals surface area contributed by atoms with E-state index in [2.05, 4.69) is 15.2 Å². The van der Waals surface area contributed by atoms with Crippen LogP contribution in [0.4, 0.5) is 0 Å². The average Bonchev–Trinajstić information content (AvgIpc) is 2.86. The molecule has 0 aliphatic carbocycles. The highest BCUT2D eigenvalue weighted by Gasteiger charge is 2.02. The number of rotatable bonds is 4. The van der Waals surface area contributed by atoms with Crippen LogP contribution in [0.5, 0.6) is 0 Å². The third-order valence-corrected chi connectivity index (χ3v) is 2.08. The smallest absolute Gasteiger partial charge is 0.150 e. The number of furan rings is 1. The Morgan fingerprint density at radius 1 is 1.43 bits per heavy atom. The monoisotopic (exact) mass is 191 g/mol. The molecule has 0 radical (unpaired) electrons. The summed E-state index contributed by atoms with van der Waals surface area (Å²) >= 11 is 0. The molecule has 0 aromatic carbocycles. The van der Waals surface area contributed by atoms with Crippen molar-refractivity contribution in [1.82, 2.24) is 15.2 Å². The number of hydrogen-bond donors (Lipinski definition) is 1. The Morgan fingerprint density at radius 3 is 3.00 bits per heavy atom. The van der Waals surface area contributed by atoms with Crippen molar-refractivity contribution in [1.29, 1.82) is 0 Å². The number of aromatic amines is 1. The zero-order chi connectivity index (χ0) is 9.80. The lowest BCUT2D eigenvalue weighted by Gasteiger charge is -1.92. The minimum atomic E-state index is 0.848. The van der Waals surface area contributed by atoms with Crippen molar-refractivity contribution in [2.24, 2.45) is 0 Å². The van der Waals surface area contributed by atoms with Crippen molar-refractivity contribution in [2.45, 2.75) is 26.2 Å². The molecular formula is C10H13N3O. The number of nitrogens with zero attached hydrogens (tertiary/aromatic N) is 2. The highest BCUT2D eigenvalue weighted by molar-refractivity contribution is 5.01. The Bertz CT molecular complexity index is 378. The first kappa shape index (κ1) is 8.99. The highest BCUT2D eigenvalue weighted by atomic mass is 16.3. The van der Waals surface area contributed by atoms with E-state index in [1.807, 2.05) is 19.1 Å². The zero-order valence-corrected chi connectivity index (χ0v) is 8.16. The van der Waals surface area contributed by atoms with Crippen LogP contribution in [0.15, 0.2) is 22.8 Å². The molecule has 0 fully saturated rings. The number of H-pyrrole nitrogens is 1. The molecule has 4 heteroatoms. The molecule has 0 spiro atoms. The highest BCUT2D eigenvalue weighted by Crippen LogP contribution is 2.04. The molecule has 4 nitrogen and oxygen atoms in total. The summed E-state index contributed by atoms with van der Waals surface area (Å²) in [5, 5.41) is 6.98. The van der Waals surface area contributed by atoms with Gasteiger partial charge in [0.25, 0.3) is 0 Å². The molecule has 2 aromatic heterocycles. The fourth-order valence-electron chi connectivity index (χ4n) is 1.30. The van der Waals surface area contributed by atoms with E-state index in [-0.39, 0.29) is 0 Å². The number of aromatic nitrogens is 3. The molecule has 0 unspecified atom stereocenters. The van der Waals surface area contributed by atoms with Gasteiger partial charge in [0.05, 0.1) is 6.26 Å². The molecule has 0 bridgehead atoms. The standard InChI is InChI=1S/C10H13N3O/c1-2-9-11-10(13-12-9)6-5-8-4-3-7-14-8/h3-4,7H,2,5-6H2,1H3,(H,11,12,13). The minimum Gasteiger partial charge on any atom is -0.469 e. The van der Waals surface area contributed by atoms with Gasteiger partial charge in [0.1, 0.15) is 17.4 Å². The van der Waals surface area contributed by atoms with Crippen molar-refractivity contribution in [3.8, 4) is 0 Å². The van der Waals surface area contributed by atoms with Crippen molar-refractivity contribution in [3.05, 3.63) is 35.8 Å². The second-order valence-electron chi connectivity index (χ2n) is 3.13. The van der Waals surface area contributed by atoms with Crippen LogP contribution in [-0.4, -0.2) is 15.2 Å². The molecule has 1 N–H and O–H groups in total. The maximum atomic E-state index is 5.23. The molecule has 0 aliphatic heterocycles. The molecule has 2 rings (SSSR count). The molecule has 0 aliphatic rings. The Hall–Kier alpha value is -1.58. The second kappa shape index (κ2) is 4.09. The summed E-state index contributed by atoms with van der Waals surface area (Å²) < 4.78 is 5.23. The average molecular weight is 191 g/mol. The van der Waals surface area contributed by atoms with E-state index in [1.165, 1.54) is 0 Å². The third kappa shape index (κ3) is 2.02. The number of hydrogen-bond acceptors (Lipinski definition) is 3. The molecule has 0 amide bonds. The Labute approximate surface area is 82.4 Å². The summed E-state index contributed by atoms with van der Waals surface area (Å²) in [7, 11) is 0. The van der Waals surface area contributed by atoms with Gasteiger partial charge in [-0.1, -0.05) is 6.92 Å². The van der Waals surface area contributed by atoms with Crippen LogP contribution in [-0.2, 0) is 19.3 Å². The quantitative estimate of drug-likeness (QED) is 0.800. The van der Waals surface area contributed by atoms with Crippen molar-refractivity contribution in [2.75, 3.05) is 0 Å². The minimum absolute atomic E-state index is 0.848. The number of nitrogens with one attached hydrogen (secondary N) is 1. The molecule has 14 heavy (non-hydrogen) atoms. The van der Waals surface area contributed by atoms with Gasteiger partial charge in [-0.05, 0) is 12.1 Å². The van der Waals surface area contributed by atoms with Gasteiger partial charge in [0.15, 0.2) is 0 Å². The molecule has 2 heterocycles. The Balaban J connectivity index is 1.92. The fourth-order valence-corrected chi connectivity index (χ4v) is 1.30. The van der Waals surface area contributed by atoms with Crippen LogP contribution in [0.25, 0.3) is 0 Å². The van der Waals surface area contributed by atoms with Gasteiger partial charge in [-0.25, -0.2) is 4.98 Å². The van der Waals surface area contributed by atoms with Gasteiger partial charge in [0.2, 0.25) is 0 Å². The van der Waals surface area contributed by atoms with Gasteiger partial charge in [-0.15, -0.1) is 0 Å². The largest absolute Gasteiger partial charge is 0.469 e. The van der Waals surface area contributed by atoms with E-state index in [1.54, 1.807) is 6.26 Å². The molecule has 0 atom stereocenters. The lowest BCUT2D eigenvalue weighted by Crippen LogP contribution is -1.92. The summed E-state index contributed by atoms with van der Waals surface area (Å²) in [6.07, 6.45) is 4.27. The Kier molecular flexibility index (Phi) is 2.62. The van der Waals surface area contributed by atoms with E-state index in [0.717, 1.165) is 36.7 Å². The summed E-state index contributed by atoms with van der Waals surface area (Å²) in [4.78, 5) is 4.32. The maximum absolute atomic E-state index is 5.23. The summed E-state index contributed by atoms with van der Waals surface area (Å²) in [6.45, 7) is 2.04. The van der Waals surface area contributed by atoms with Gasteiger partial charge in [0, 0.05) is 19.3 Å². The predicted octanol–water partition coefficient (Wildman–Crippen LogP) is 1.75. The van der Waals surface area contributed by atoms with Crippen LogP contribution in [0.1, 0.15) is 24.3 Å².